The van der Waals surface area contributed by atoms with E-state index in [0.717, 1.165) is 5.76 Å². The molecule has 1 atom stereocenters. The lowest BCUT2D eigenvalue weighted by molar-refractivity contribution is 0.417. The van der Waals surface area contributed by atoms with Crippen LogP contribution in [0.3, 0.4) is 0 Å². The van der Waals surface area contributed by atoms with Gasteiger partial charge in [-0.25, -0.2) is 0 Å². The fraction of sp³-hybridized carbons (Fsp3) is 0.231. The van der Waals surface area contributed by atoms with Crippen LogP contribution in [0.25, 0.3) is 11.7 Å². The third kappa shape index (κ3) is 2.43. The van der Waals surface area contributed by atoms with Crippen LogP contribution in [0.15, 0.2) is 50.0 Å². The van der Waals surface area contributed by atoms with Gasteiger partial charge in [0.1, 0.15) is 5.76 Å². The molecule has 2 N–H and O–H groups in total. The van der Waals surface area contributed by atoms with Crippen molar-refractivity contribution in [1.82, 2.24) is 10.2 Å². The minimum absolute atomic E-state index is 0.0673. The summed E-state index contributed by atoms with van der Waals surface area (Å²) in [5.74, 6) is 2.17. The van der Waals surface area contributed by atoms with E-state index in [1.807, 2.05) is 12.1 Å². The quantitative estimate of drug-likeness (QED) is 0.755. The number of rotatable bonds is 5. The molecule has 0 saturated carbocycles. The van der Waals surface area contributed by atoms with Gasteiger partial charge in [0.05, 0.1) is 18.4 Å². The van der Waals surface area contributed by atoms with Crippen molar-refractivity contribution in [2.24, 2.45) is 5.73 Å². The van der Waals surface area contributed by atoms with E-state index in [-0.39, 0.29) is 5.92 Å². The molecule has 0 aliphatic carbocycles. The summed E-state index contributed by atoms with van der Waals surface area (Å²) in [6.07, 6.45) is 3.82. The lowest BCUT2D eigenvalue weighted by Crippen LogP contribution is -2.15. The zero-order valence-corrected chi connectivity index (χ0v) is 10.2. The standard InChI is InChI=1S/C13H13N3O3/c14-8-9(7-10-3-1-5-17-10)12-15-16-13(19-12)11-4-2-6-18-11/h1-6,9H,7-8,14H2. The van der Waals surface area contributed by atoms with Gasteiger partial charge in [-0.05, 0) is 24.3 Å². The van der Waals surface area contributed by atoms with Crippen molar-refractivity contribution in [1.29, 1.82) is 0 Å². The van der Waals surface area contributed by atoms with Crippen LogP contribution < -0.4 is 5.73 Å². The van der Waals surface area contributed by atoms with Gasteiger partial charge in [0.2, 0.25) is 5.89 Å². The molecule has 0 aliphatic rings. The van der Waals surface area contributed by atoms with Crippen LogP contribution in [0.4, 0.5) is 0 Å². The number of hydrogen-bond acceptors (Lipinski definition) is 6. The van der Waals surface area contributed by atoms with Gasteiger partial charge in [-0.2, -0.15) is 0 Å². The Bertz CT molecular complexity index is 613. The maximum absolute atomic E-state index is 5.76. The van der Waals surface area contributed by atoms with E-state index < -0.39 is 0 Å². The van der Waals surface area contributed by atoms with Gasteiger partial charge in [0, 0.05) is 13.0 Å². The average Bonchev–Trinajstić information content (AvgIpc) is 3.15. The molecule has 3 aromatic heterocycles. The van der Waals surface area contributed by atoms with E-state index in [9.17, 15) is 0 Å². The van der Waals surface area contributed by atoms with Gasteiger partial charge in [0.15, 0.2) is 5.76 Å². The highest BCUT2D eigenvalue weighted by Gasteiger charge is 2.20. The summed E-state index contributed by atoms with van der Waals surface area (Å²) >= 11 is 0. The van der Waals surface area contributed by atoms with Crippen LogP contribution in [0.5, 0.6) is 0 Å². The Morgan fingerprint density at radius 1 is 1.11 bits per heavy atom. The van der Waals surface area contributed by atoms with Gasteiger partial charge in [-0.1, -0.05) is 0 Å². The summed E-state index contributed by atoms with van der Waals surface area (Å²) in [4.78, 5) is 0. The van der Waals surface area contributed by atoms with Crippen molar-refractivity contribution in [3.05, 3.63) is 48.4 Å². The third-order valence-electron chi connectivity index (χ3n) is 2.83. The monoisotopic (exact) mass is 259 g/mol. The second kappa shape index (κ2) is 5.11. The SMILES string of the molecule is NCC(Cc1ccco1)c1nnc(-c2ccco2)o1. The summed E-state index contributed by atoms with van der Waals surface area (Å²) < 4.78 is 16.1. The molecular formula is C13H13N3O3. The molecule has 3 heterocycles. The molecule has 0 aliphatic heterocycles. The molecule has 98 valence electrons. The van der Waals surface area contributed by atoms with Crippen molar-refractivity contribution < 1.29 is 13.3 Å². The second-order valence-corrected chi connectivity index (χ2v) is 4.14. The molecule has 0 fully saturated rings. The number of furan rings is 2. The van der Waals surface area contributed by atoms with Crippen LogP contribution >= 0.6 is 0 Å². The number of nitrogens with zero attached hydrogens (tertiary/aromatic N) is 2. The summed E-state index contributed by atoms with van der Waals surface area (Å²) in [5, 5.41) is 7.99. The Morgan fingerprint density at radius 3 is 2.63 bits per heavy atom. The molecule has 0 amide bonds. The van der Waals surface area contributed by atoms with Crippen LogP contribution in [-0.2, 0) is 6.42 Å². The van der Waals surface area contributed by atoms with Crippen LogP contribution in [0.2, 0.25) is 0 Å². The minimum Gasteiger partial charge on any atom is -0.469 e. The first-order valence-corrected chi connectivity index (χ1v) is 5.96. The maximum Gasteiger partial charge on any atom is 0.283 e. The molecule has 0 spiro atoms. The molecule has 19 heavy (non-hydrogen) atoms. The van der Waals surface area contributed by atoms with E-state index in [0.29, 0.717) is 30.5 Å². The van der Waals surface area contributed by atoms with Gasteiger partial charge < -0.3 is 19.0 Å². The molecule has 0 radical (unpaired) electrons. The van der Waals surface area contributed by atoms with Gasteiger partial charge in [-0.15, -0.1) is 10.2 Å². The first-order chi connectivity index (χ1) is 9.36. The predicted molar refractivity (Wildman–Crippen MR) is 66.2 cm³/mol. The van der Waals surface area contributed by atoms with Crippen molar-refractivity contribution >= 4 is 0 Å². The summed E-state index contributed by atoms with van der Waals surface area (Å²) in [7, 11) is 0. The second-order valence-electron chi connectivity index (χ2n) is 4.14. The normalized spacial score (nSPS) is 12.7. The molecular weight excluding hydrogens is 246 g/mol. The molecule has 0 aromatic carbocycles. The van der Waals surface area contributed by atoms with E-state index >= 15 is 0 Å². The Labute approximate surface area is 109 Å². The molecule has 3 aromatic rings. The highest BCUT2D eigenvalue weighted by atomic mass is 16.4. The van der Waals surface area contributed by atoms with Crippen LogP contribution in [0.1, 0.15) is 17.6 Å². The molecule has 3 rings (SSSR count). The van der Waals surface area contributed by atoms with E-state index in [1.165, 1.54) is 0 Å². The Kier molecular flexibility index (Phi) is 3.16. The third-order valence-corrected chi connectivity index (χ3v) is 2.83. The van der Waals surface area contributed by atoms with Crippen molar-refractivity contribution in [2.45, 2.75) is 12.3 Å². The Hall–Kier alpha value is -2.34. The Morgan fingerprint density at radius 2 is 1.95 bits per heavy atom. The van der Waals surface area contributed by atoms with E-state index in [2.05, 4.69) is 10.2 Å². The summed E-state index contributed by atoms with van der Waals surface area (Å²) in [6.45, 7) is 0.403. The fourth-order valence-corrected chi connectivity index (χ4v) is 1.84. The molecule has 6 nitrogen and oxygen atoms in total. The Balaban J connectivity index is 1.80. The smallest absolute Gasteiger partial charge is 0.283 e. The van der Waals surface area contributed by atoms with Crippen LogP contribution in [0, 0.1) is 0 Å². The predicted octanol–water partition coefficient (Wildman–Crippen LogP) is 2.21. The highest BCUT2D eigenvalue weighted by molar-refractivity contribution is 5.42. The fourth-order valence-electron chi connectivity index (χ4n) is 1.84. The summed E-state index contributed by atoms with van der Waals surface area (Å²) in [6, 6.07) is 7.27. The number of nitrogens with two attached hydrogens (primary N) is 1. The zero-order chi connectivity index (χ0) is 13.1. The van der Waals surface area contributed by atoms with Gasteiger partial charge >= 0.3 is 0 Å². The van der Waals surface area contributed by atoms with Crippen molar-refractivity contribution in [3.8, 4) is 11.7 Å². The van der Waals surface area contributed by atoms with Gasteiger partial charge in [0.25, 0.3) is 5.89 Å². The number of hydrogen-bond donors (Lipinski definition) is 1. The number of aromatic nitrogens is 2. The first kappa shape index (κ1) is 11.7. The van der Waals surface area contributed by atoms with E-state index in [1.54, 1.807) is 24.7 Å². The highest BCUT2D eigenvalue weighted by Crippen LogP contribution is 2.24. The van der Waals surface area contributed by atoms with Crippen LogP contribution in [-0.4, -0.2) is 16.7 Å². The van der Waals surface area contributed by atoms with Gasteiger partial charge in [-0.3, -0.25) is 0 Å². The van der Waals surface area contributed by atoms with E-state index in [4.69, 9.17) is 19.0 Å². The molecule has 0 saturated heterocycles. The molecule has 1 unspecified atom stereocenters. The van der Waals surface area contributed by atoms with Crippen molar-refractivity contribution in [2.75, 3.05) is 6.54 Å². The topological polar surface area (TPSA) is 91.2 Å². The lowest BCUT2D eigenvalue weighted by Gasteiger charge is -2.07. The van der Waals surface area contributed by atoms with Crippen molar-refractivity contribution in [3.63, 3.8) is 0 Å². The first-order valence-electron chi connectivity index (χ1n) is 5.96. The zero-order valence-electron chi connectivity index (χ0n) is 10.2. The summed E-state index contributed by atoms with van der Waals surface area (Å²) in [5.41, 5.74) is 5.76. The lowest BCUT2D eigenvalue weighted by atomic mass is 10.0. The largest absolute Gasteiger partial charge is 0.469 e. The maximum atomic E-state index is 5.76. The molecule has 6 heteroatoms. The molecule has 0 bridgehead atoms. The average molecular weight is 259 g/mol. The minimum atomic E-state index is -0.0673.